The number of ether oxygens (including phenoxy) is 1. The van der Waals surface area contributed by atoms with Gasteiger partial charge in [0.15, 0.2) is 0 Å². The fourth-order valence-corrected chi connectivity index (χ4v) is 2.14. The van der Waals surface area contributed by atoms with Crippen molar-refractivity contribution < 1.29 is 19.6 Å². The third-order valence-corrected chi connectivity index (χ3v) is 3.10. The minimum absolute atomic E-state index is 0.0626. The number of non-ortho nitro benzene ring substituents is 1. The van der Waals surface area contributed by atoms with Crippen molar-refractivity contribution in [1.29, 1.82) is 0 Å². The summed E-state index contributed by atoms with van der Waals surface area (Å²) in [6.07, 6.45) is -0.175. The largest absolute Gasteiger partial charge is 0.490 e. The maximum absolute atomic E-state index is 11.3. The minimum atomic E-state index is -1.10. The Morgan fingerprint density at radius 1 is 1.57 bits per heavy atom. The lowest BCUT2D eigenvalue weighted by Crippen LogP contribution is -2.51. The number of aliphatic carboxylic acids is 1. The van der Waals surface area contributed by atoms with E-state index in [0.29, 0.717) is 12.3 Å². The van der Waals surface area contributed by atoms with Gasteiger partial charge in [-0.1, -0.05) is 13.0 Å². The smallest absolute Gasteiger partial charge is 0.323 e. The molecule has 0 saturated carbocycles. The van der Waals surface area contributed by atoms with E-state index in [4.69, 9.17) is 4.74 Å². The maximum atomic E-state index is 11.3. The molecule has 116 valence electrons. The highest BCUT2D eigenvalue weighted by Crippen LogP contribution is 2.22. The van der Waals surface area contributed by atoms with E-state index in [9.17, 15) is 20.0 Å². The molecule has 1 aromatic carbocycles. The molecule has 0 aliphatic rings. The fourth-order valence-electron chi connectivity index (χ4n) is 2.14. The van der Waals surface area contributed by atoms with E-state index >= 15 is 0 Å². The second-order valence-corrected chi connectivity index (χ2v) is 5.05. The predicted molar refractivity (Wildman–Crippen MR) is 77.5 cm³/mol. The number of likely N-dealkylation sites (N-methyl/N-ethyl adjacent to an activating group) is 1. The summed E-state index contributed by atoms with van der Waals surface area (Å²) in [5.41, 5.74) is -1.16. The number of benzene rings is 1. The van der Waals surface area contributed by atoms with E-state index in [0.717, 1.165) is 0 Å². The van der Waals surface area contributed by atoms with Gasteiger partial charge >= 0.3 is 5.97 Å². The molecule has 1 aromatic rings. The van der Waals surface area contributed by atoms with E-state index in [1.165, 1.54) is 18.2 Å². The summed E-state index contributed by atoms with van der Waals surface area (Å²) in [6, 6.07) is 5.83. The highest BCUT2D eigenvalue weighted by atomic mass is 16.6. The Hall–Kier alpha value is -2.15. The fraction of sp³-hybridized carbons (Fsp3) is 0.500. The summed E-state index contributed by atoms with van der Waals surface area (Å²) in [7, 11) is 0. The van der Waals surface area contributed by atoms with Gasteiger partial charge in [0.2, 0.25) is 0 Å². The van der Waals surface area contributed by atoms with Crippen molar-refractivity contribution >= 4 is 11.7 Å². The van der Waals surface area contributed by atoms with E-state index in [2.05, 4.69) is 5.32 Å². The number of nitrogens with one attached hydrogen (secondary N) is 1. The van der Waals surface area contributed by atoms with Crippen LogP contribution in [0.5, 0.6) is 5.75 Å². The van der Waals surface area contributed by atoms with Crippen LogP contribution in [0.15, 0.2) is 24.3 Å². The first kappa shape index (κ1) is 16.9. The van der Waals surface area contributed by atoms with Crippen molar-refractivity contribution in [2.45, 2.75) is 38.8 Å². The number of hydrogen-bond acceptors (Lipinski definition) is 5. The summed E-state index contributed by atoms with van der Waals surface area (Å²) in [5, 5.41) is 22.9. The van der Waals surface area contributed by atoms with Crippen molar-refractivity contribution in [3.05, 3.63) is 34.4 Å². The van der Waals surface area contributed by atoms with E-state index < -0.39 is 22.5 Å². The number of carboxylic acids is 1. The second kappa shape index (κ2) is 7.03. The van der Waals surface area contributed by atoms with Crippen molar-refractivity contribution in [3.63, 3.8) is 0 Å². The molecule has 2 unspecified atom stereocenters. The Morgan fingerprint density at radius 3 is 2.76 bits per heavy atom. The lowest BCUT2D eigenvalue weighted by Gasteiger charge is -2.29. The topological polar surface area (TPSA) is 102 Å². The number of nitro benzene ring substituents is 1. The molecule has 0 saturated heterocycles. The van der Waals surface area contributed by atoms with Gasteiger partial charge in [-0.2, -0.15) is 0 Å². The Bertz CT molecular complexity index is 520. The van der Waals surface area contributed by atoms with Gasteiger partial charge in [0.25, 0.3) is 5.69 Å². The molecule has 7 heteroatoms. The van der Waals surface area contributed by atoms with Crippen molar-refractivity contribution in [2.24, 2.45) is 0 Å². The summed E-state index contributed by atoms with van der Waals surface area (Å²) in [6.45, 7) is 5.67. The Balaban J connectivity index is 2.76. The summed E-state index contributed by atoms with van der Waals surface area (Å²) < 4.78 is 5.59. The molecule has 2 atom stereocenters. The van der Waals surface area contributed by atoms with Crippen LogP contribution in [0, 0.1) is 10.1 Å². The maximum Gasteiger partial charge on any atom is 0.323 e. The summed E-state index contributed by atoms with van der Waals surface area (Å²) in [4.78, 5) is 21.5. The molecule has 0 radical (unpaired) electrons. The van der Waals surface area contributed by atoms with Crippen LogP contribution in [0.3, 0.4) is 0 Å². The van der Waals surface area contributed by atoms with Gasteiger partial charge in [-0.3, -0.25) is 14.9 Å². The number of rotatable bonds is 8. The molecule has 21 heavy (non-hydrogen) atoms. The zero-order chi connectivity index (χ0) is 16.0. The van der Waals surface area contributed by atoms with E-state index in [1.54, 1.807) is 19.9 Å². The quantitative estimate of drug-likeness (QED) is 0.563. The van der Waals surface area contributed by atoms with Crippen LogP contribution in [0.4, 0.5) is 5.69 Å². The molecule has 1 rings (SSSR count). The molecule has 0 bridgehead atoms. The number of nitro groups is 1. The van der Waals surface area contributed by atoms with Gasteiger partial charge in [0.05, 0.1) is 17.1 Å². The standard InChI is InChI=1S/C14H20N2O5/c1-4-15-14(3,13(17)18)9-10(2)21-12-7-5-6-11(8-12)16(19)20/h5-8,10,15H,4,9H2,1-3H3,(H,17,18). The Labute approximate surface area is 123 Å². The van der Waals surface area contributed by atoms with E-state index in [1.807, 2.05) is 6.92 Å². The number of carboxylic acid groups (broad SMARTS) is 1. The number of nitrogens with zero attached hydrogens (tertiary/aromatic N) is 1. The molecule has 0 aliphatic carbocycles. The van der Waals surface area contributed by atoms with Crippen LogP contribution in [0.1, 0.15) is 27.2 Å². The van der Waals surface area contributed by atoms with Crippen LogP contribution in [-0.4, -0.2) is 34.2 Å². The molecular formula is C14H20N2O5. The molecule has 0 fully saturated rings. The van der Waals surface area contributed by atoms with E-state index in [-0.39, 0.29) is 12.1 Å². The summed E-state index contributed by atoms with van der Waals surface area (Å²) >= 11 is 0. The van der Waals surface area contributed by atoms with Gasteiger partial charge in [-0.15, -0.1) is 0 Å². The van der Waals surface area contributed by atoms with Crippen molar-refractivity contribution in [1.82, 2.24) is 5.32 Å². The number of carbonyl (C=O) groups is 1. The zero-order valence-corrected chi connectivity index (χ0v) is 12.3. The Morgan fingerprint density at radius 2 is 2.24 bits per heavy atom. The minimum Gasteiger partial charge on any atom is -0.490 e. The van der Waals surface area contributed by atoms with Crippen LogP contribution in [0.2, 0.25) is 0 Å². The van der Waals surface area contributed by atoms with Gasteiger partial charge in [0.1, 0.15) is 11.3 Å². The third kappa shape index (κ3) is 4.71. The van der Waals surface area contributed by atoms with Gasteiger partial charge in [-0.05, 0) is 26.5 Å². The Kier molecular flexibility index (Phi) is 5.66. The first-order valence-corrected chi connectivity index (χ1v) is 6.68. The second-order valence-electron chi connectivity index (χ2n) is 5.05. The molecule has 0 aliphatic heterocycles. The van der Waals surface area contributed by atoms with Crippen molar-refractivity contribution in [3.8, 4) is 5.75 Å². The summed E-state index contributed by atoms with van der Waals surface area (Å²) in [5.74, 6) is -0.611. The van der Waals surface area contributed by atoms with Gasteiger partial charge in [-0.25, -0.2) is 0 Å². The SMILES string of the molecule is CCNC(C)(CC(C)Oc1cccc([N+](=O)[O-])c1)C(=O)O. The lowest BCUT2D eigenvalue weighted by molar-refractivity contribution is -0.384. The first-order chi connectivity index (χ1) is 9.78. The average Bonchev–Trinajstić information content (AvgIpc) is 2.38. The van der Waals surface area contributed by atoms with Crippen LogP contribution < -0.4 is 10.1 Å². The predicted octanol–water partition coefficient (Wildman–Crippen LogP) is 2.21. The van der Waals surface area contributed by atoms with Crippen LogP contribution >= 0.6 is 0 Å². The molecule has 7 nitrogen and oxygen atoms in total. The number of hydrogen-bond donors (Lipinski definition) is 2. The third-order valence-electron chi connectivity index (χ3n) is 3.10. The molecule has 0 spiro atoms. The highest BCUT2D eigenvalue weighted by molar-refractivity contribution is 5.78. The molecule has 0 amide bonds. The molecule has 0 aromatic heterocycles. The average molecular weight is 296 g/mol. The van der Waals surface area contributed by atoms with Crippen LogP contribution in [0.25, 0.3) is 0 Å². The van der Waals surface area contributed by atoms with Gasteiger partial charge in [0, 0.05) is 12.5 Å². The normalized spacial score (nSPS) is 15.0. The molecular weight excluding hydrogens is 276 g/mol. The van der Waals surface area contributed by atoms with Gasteiger partial charge < -0.3 is 15.2 Å². The monoisotopic (exact) mass is 296 g/mol. The van der Waals surface area contributed by atoms with Crippen LogP contribution in [-0.2, 0) is 4.79 Å². The first-order valence-electron chi connectivity index (χ1n) is 6.68. The zero-order valence-electron chi connectivity index (χ0n) is 12.3. The molecule has 0 heterocycles. The highest BCUT2D eigenvalue weighted by Gasteiger charge is 2.34. The van der Waals surface area contributed by atoms with Crippen molar-refractivity contribution in [2.75, 3.05) is 6.54 Å². The lowest BCUT2D eigenvalue weighted by atomic mass is 9.95. The molecule has 2 N–H and O–H groups in total.